The zero-order valence-electron chi connectivity index (χ0n) is 12.3. The molecule has 0 unspecified atom stereocenters. The largest absolute Gasteiger partial charge is 0.273 e. The summed E-state index contributed by atoms with van der Waals surface area (Å²) in [4.78, 5) is 17.8. The third-order valence-corrected chi connectivity index (χ3v) is 4.19. The van der Waals surface area contributed by atoms with Gasteiger partial charge in [0, 0.05) is 10.3 Å². The van der Waals surface area contributed by atoms with Crippen LogP contribution in [-0.4, -0.2) is 17.1 Å². The first-order chi connectivity index (χ1) is 10.6. The zero-order valence-corrected chi connectivity index (χ0v) is 13.1. The van der Waals surface area contributed by atoms with Crippen LogP contribution in [0.25, 0.3) is 10.9 Å². The lowest BCUT2D eigenvalue weighted by Crippen LogP contribution is -2.19. The molecule has 5 heteroatoms. The van der Waals surface area contributed by atoms with Crippen LogP contribution in [0.4, 0.5) is 0 Å². The maximum atomic E-state index is 12.3. The lowest BCUT2D eigenvalue weighted by atomic mass is 10.1. The van der Waals surface area contributed by atoms with Crippen molar-refractivity contribution in [2.45, 2.75) is 13.8 Å². The van der Waals surface area contributed by atoms with Gasteiger partial charge in [-0.1, -0.05) is 24.3 Å². The monoisotopic (exact) mass is 309 g/mol. The number of benzene rings is 1. The summed E-state index contributed by atoms with van der Waals surface area (Å²) >= 11 is 1.56. The molecular weight excluding hydrogens is 294 g/mol. The average Bonchev–Trinajstić information content (AvgIpc) is 3.01. The van der Waals surface area contributed by atoms with Gasteiger partial charge in [0.2, 0.25) is 0 Å². The summed E-state index contributed by atoms with van der Waals surface area (Å²) in [5.74, 6) is -0.249. The van der Waals surface area contributed by atoms with Crippen molar-refractivity contribution in [2.75, 3.05) is 0 Å². The summed E-state index contributed by atoms with van der Waals surface area (Å²) in [6.45, 7) is 3.85. The van der Waals surface area contributed by atoms with Gasteiger partial charge in [0.15, 0.2) is 0 Å². The molecule has 0 radical (unpaired) electrons. The Kier molecular flexibility index (Phi) is 3.98. The van der Waals surface area contributed by atoms with Crippen LogP contribution < -0.4 is 5.43 Å². The fourth-order valence-corrected chi connectivity index (χ4v) is 2.83. The van der Waals surface area contributed by atoms with E-state index in [2.05, 4.69) is 15.5 Å². The van der Waals surface area contributed by atoms with E-state index in [9.17, 15) is 4.79 Å². The van der Waals surface area contributed by atoms with Gasteiger partial charge in [0.05, 0.1) is 23.0 Å². The smallest absolute Gasteiger partial charge is 0.267 e. The molecule has 22 heavy (non-hydrogen) atoms. The highest BCUT2D eigenvalue weighted by Gasteiger charge is 2.11. The highest BCUT2D eigenvalue weighted by Crippen LogP contribution is 2.19. The molecule has 1 amide bonds. The molecule has 0 saturated heterocycles. The topological polar surface area (TPSA) is 54.4 Å². The number of pyridine rings is 1. The van der Waals surface area contributed by atoms with Gasteiger partial charge in [-0.25, -0.2) is 5.43 Å². The number of nitrogens with zero attached hydrogens (tertiary/aromatic N) is 2. The quantitative estimate of drug-likeness (QED) is 0.593. The van der Waals surface area contributed by atoms with E-state index in [0.29, 0.717) is 11.3 Å². The molecule has 0 bridgehead atoms. The summed E-state index contributed by atoms with van der Waals surface area (Å²) in [5.41, 5.74) is 5.83. The average molecular weight is 309 g/mol. The lowest BCUT2D eigenvalue weighted by molar-refractivity contribution is 0.0954. The number of para-hydroxylation sites is 1. The van der Waals surface area contributed by atoms with Gasteiger partial charge >= 0.3 is 0 Å². The number of amides is 1. The molecule has 2 heterocycles. The van der Waals surface area contributed by atoms with E-state index in [1.54, 1.807) is 17.6 Å². The lowest BCUT2D eigenvalue weighted by Gasteiger charge is -2.07. The van der Waals surface area contributed by atoms with Crippen LogP contribution in [-0.2, 0) is 0 Å². The van der Waals surface area contributed by atoms with E-state index in [4.69, 9.17) is 0 Å². The molecule has 1 aromatic carbocycles. The number of aromatic nitrogens is 1. The van der Waals surface area contributed by atoms with Crippen molar-refractivity contribution >= 4 is 34.4 Å². The highest BCUT2D eigenvalue weighted by molar-refractivity contribution is 7.11. The van der Waals surface area contributed by atoms with E-state index in [1.807, 2.05) is 55.6 Å². The molecule has 1 N–H and O–H groups in total. The third kappa shape index (κ3) is 2.89. The molecule has 0 aliphatic rings. The number of hydrogen-bond donors (Lipinski definition) is 1. The number of carbonyl (C=O) groups excluding carboxylic acids is 1. The first kappa shape index (κ1) is 14.4. The van der Waals surface area contributed by atoms with Crippen LogP contribution in [0.2, 0.25) is 0 Å². The van der Waals surface area contributed by atoms with Gasteiger partial charge in [-0.15, -0.1) is 11.3 Å². The maximum absolute atomic E-state index is 12.3. The number of carbonyl (C=O) groups is 1. The number of thiophene rings is 1. The van der Waals surface area contributed by atoms with Crippen molar-refractivity contribution in [3.8, 4) is 0 Å². The van der Waals surface area contributed by atoms with Crippen LogP contribution in [0.3, 0.4) is 0 Å². The molecule has 3 rings (SSSR count). The fourth-order valence-electron chi connectivity index (χ4n) is 2.25. The SMILES string of the molecule is Cc1nc2c(C)cccc2cc1C(=O)N/N=C/c1cccs1. The van der Waals surface area contributed by atoms with E-state index in [1.165, 1.54) is 0 Å². The van der Waals surface area contributed by atoms with Crippen LogP contribution in [0.5, 0.6) is 0 Å². The summed E-state index contributed by atoms with van der Waals surface area (Å²) in [5, 5.41) is 6.90. The Hall–Kier alpha value is -2.53. The molecule has 0 fully saturated rings. The summed E-state index contributed by atoms with van der Waals surface area (Å²) in [6.07, 6.45) is 1.64. The van der Waals surface area contributed by atoms with Crippen molar-refractivity contribution in [1.82, 2.24) is 10.4 Å². The minimum absolute atomic E-state index is 0.249. The van der Waals surface area contributed by atoms with E-state index in [0.717, 1.165) is 21.3 Å². The number of hydrogen-bond acceptors (Lipinski definition) is 4. The molecule has 0 spiro atoms. The summed E-state index contributed by atoms with van der Waals surface area (Å²) < 4.78 is 0. The van der Waals surface area contributed by atoms with Crippen LogP contribution in [0.1, 0.15) is 26.5 Å². The summed E-state index contributed by atoms with van der Waals surface area (Å²) in [7, 11) is 0. The number of fused-ring (bicyclic) bond motifs is 1. The number of rotatable bonds is 3. The Bertz CT molecular complexity index is 854. The van der Waals surface area contributed by atoms with Crippen LogP contribution in [0, 0.1) is 13.8 Å². The minimum Gasteiger partial charge on any atom is -0.267 e. The molecule has 0 aliphatic heterocycles. The van der Waals surface area contributed by atoms with Gasteiger partial charge in [0.1, 0.15) is 0 Å². The number of nitrogens with one attached hydrogen (secondary N) is 1. The van der Waals surface area contributed by atoms with Gasteiger partial charge in [-0.3, -0.25) is 9.78 Å². The van der Waals surface area contributed by atoms with Crippen molar-refractivity contribution in [1.29, 1.82) is 0 Å². The van der Waals surface area contributed by atoms with E-state index < -0.39 is 0 Å². The second kappa shape index (κ2) is 6.07. The van der Waals surface area contributed by atoms with E-state index >= 15 is 0 Å². The molecule has 2 aromatic heterocycles. The van der Waals surface area contributed by atoms with Crippen LogP contribution >= 0.6 is 11.3 Å². The molecule has 4 nitrogen and oxygen atoms in total. The third-order valence-electron chi connectivity index (χ3n) is 3.38. The van der Waals surface area contributed by atoms with Crippen LogP contribution in [0.15, 0.2) is 46.9 Å². The van der Waals surface area contributed by atoms with Gasteiger partial charge in [-0.2, -0.15) is 5.10 Å². The predicted molar refractivity (Wildman–Crippen MR) is 90.6 cm³/mol. The Balaban J connectivity index is 1.86. The molecule has 0 aliphatic carbocycles. The van der Waals surface area contributed by atoms with Crippen molar-refractivity contribution in [3.05, 3.63) is 63.5 Å². The summed E-state index contributed by atoms with van der Waals surface area (Å²) in [6, 6.07) is 11.7. The normalized spacial score (nSPS) is 11.2. The first-order valence-electron chi connectivity index (χ1n) is 6.89. The maximum Gasteiger partial charge on any atom is 0.273 e. The zero-order chi connectivity index (χ0) is 15.5. The van der Waals surface area contributed by atoms with Crippen molar-refractivity contribution in [3.63, 3.8) is 0 Å². The standard InChI is InChI=1S/C17H15N3OS/c1-11-5-3-6-13-9-15(12(2)19-16(11)13)17(21)20-18-10-14-7-4-8-22-14/h3-10H,1-2H3,(H,20,21)/b18-10+. The molecule has 0 atom stereocenters. The molecular formula is C17H15N3OS. The number of hydrazone groups is 1. The number of aryl methyl sites for hydroxylation is 2. The second-order valence-corrected chi connectivity index (χ2v) is 5.96. The Morgan fingerprint density at radius 3 is 2.91 bits per heavy atom. The van der Waals surface area contributed by atoms with Gasteiger partial charge < -0.3 is 0 Å². The van der Waals surface area contributed by atoms with E-state index in [-0.39, 0.29) is 5.91 Å². The Labute approximate surface area is 132 Å². The highest BCUT2D eigenvalue weighted by atomic mass is 32.1. The molecule has 3 aromatic rings. The van der Waals surface area contributed by atoms with Gasteiger partial charge in [-0.05, 0) is 36.9 Å². The first-order valence-corrected chi connectivity index (χ1v) is 7.77. The molecule has 110 valence electrons. The van der Waals surface area contributed by atoms with Crippen molar-refractivity contribution in [2.24, 2.45) is 5.10 Å². The Morgan fingerprint density at radius 2 is 2.14 bits per heavy atom. The van der Waals surface area contributed by atoms with Gasteiger partial charge in [0.25, 0.3) is 5.91 Å². The minimum atomic E-state index is -0.249. The predicted octanol–water partition coefficient (Wildman–Crippen LogP) is 3.68. The molecule has 0 saturated carbocycles. The fraction of sp³-hybridized carbons (Fsp3) is 0.118. The van der Waals surface area contributed by atoms with Crippen molar-refractivity contribution < 1.29 is 4.79 Å². The second-order valence-electron chi connectivity index (χ2n) is 4.98. The Morgan fingerprint density at radius 1 is 1.27 bits per heavy atom.